The minimum Gasteiger partial charge on any atom is -0.340 e. The Morgan fingerprint density at radius 2 is 1.72 bits per heavy atom. The third kappa shape index (κ3) is 5.35. The van der Waals surface area contributed by atoms with Gasteiger partial charge in [0.05, 0.1) is 4.90 Å². The molecule has 2 fully saturated rings. The van der Waals surface area contributed by atoms with E-state index in [4.69, 9.17) is 0 Å². The fourth-order valence-electron chi connectivity index (χ4n) is 4.32. The van der Waals surface area contributed by atoms with Gasteiger partial charge in [0.15, 0.2) is 0 Å². The van der Waals surface area contributed by atoms with Gasteiger partial charge in [0.1, 0.15) is 5.82 Å². The largest absolute Gasteiger partial charge is 0.340 e. The van der Waals surface area contributed by atoms with Crippen molar-refractivity contribution in [1.82, 2.24) is 14.5 Å². The lowest BCUT2D eigenvalue weighted by molar-refractivity contribution is -0.138. The molecule has 2 aliphatic rings. The average Bonchev–Trinajstić information content (AvgIpc) is 2.69. The molecule has 1 aromatic carbocycles. The van der Waals surface area contributed by atoms with Crippen molar-refractivity contribution in [1.29, 1.82) is 0 Å². The van der Waals surface area contributed by atoms with Gasteiger partial charge in [-0.3, -0.25) is 9.69 Å². The Hall–Kier alpha value is -1.51. The minimum absolute atomic E-state index is 0.0151. The van der Waals surface area contributed by atoms with Crippen LogP contribution in [0.15, 0.2) is 23.1 Å². The first-order valence-corrected chi connectivity index (χ1v) is 12.0. The third-order valence-corrected chi connectivity index (χ3v) is 7.86. The zero-order valence-electron chi connectivity index (χ0n) is 17.5. The second kappa shape index (κ2) is 9.10. The van der Waals surface area contributed by atoms with Crippen LogP contribution in [0.1, 0.15) is 45.1 Å². The fourth-order valence-corrected chi connectivity index (χ4v) is 5.88. The van der Waals surface area contributed by atoms with Crippen molar-refractivity contribution in [2.75, 3.05) is 26.2 Å². The Morgan fingerprint density at radius 1 is 1.10 bits per heavy atom. The maximum Gasteiger partial charge on any atom is 0.241 e. The van der Waals surface area contributed by atoms with Gasteiger partial charge in [-0.15, -0.1) is 0 Å². The SMILES string of the molecule is Cc1ccc(F)cc1S(=O)(=O)NC1CCC(C(=O)N2CCN(C(C)C)CC2)CC1. The Kier molecular flexibility index (Phi) is 6.96. The number of hydrogen-bond acceptors (Lipinski definition) is 4. The monoisotopic (exact) mass is 425 g/mol. The highest BCUT2D eigenvalue weighted by atomic mass is 32.2. The summed E-state index contributed by atoms with van der Waals surface area (Å²) in [5.41, 5.74) is 0.517. The number of rotatable bonds is 5. The molecule has 1 saturated heterocycles. The van der Waals surface area contributed by atoms with Gasteiger partial charge in [0.25, 0.3) is 0 Å². The maximum atomic E-state index is 13.5. The smallest absolute Gasteiger partial charge is 0.241 e. The van der Waals surface area contributed by atoms with Crippen LogP contribution in [0.3, 0.4) is 0 Å². The summed E-state index contributed by atoms with van der Waals surface area (Å²) in [4.78, 5) is 17.2. The van der Waals surface area contributed by atoms with Crippen molar-refractivity contribution < 1.29 is 17.6 Å². The normalized spacial score (nSPS) is 24.1. The number of piperazine rings is 1. The van der Waals surface area contributed by atoms with E-state index in [9.17, 15) is 17.6 Å². The second-order valence-corrected chi connectivity index (χ2v) is 10.2. The Labute approximate surface area is 173 Å². The highest BCUT2D eigenvalue weighted by molar-refractivity contribution is 7.89. The molecule has 1 amide bonds. The van der Waals surface area contributed by atoms with E-state index in [1.54, 1.807) is 6.92 Å². The van der Waals surface area contributed by atoms with E-state index in [1.807, 2.05) is 4.90 Å². The Balaban J connectivity index is 1.53. The van der Waals surface area contributed by atoms with Gasteiger partial charge in [-0.2, -0.15) is 0 Å². The van der Waals surface area contributed by atoms with Gasteiger partial charge in [-0.05, 0) is 64.2 Å². The lowest BCUT2D eigenvalue weighted by atomic mass is 9.85. The Morgan fingerprint density at radius 3 is 2.31 bits per heavy atom. The van der Waals surface area contributed by atoms with Crippen LogP contribution in [-0.4, -0.2) is 62.4 Å². The molecular weight excluding hydrogens is 393 g/mol. The molecule has 0 bridgehead atoms. The summed E-state index contributed by atoms with van der Waals surface area (Å²) in [6.45, 7) is 9.35. The molecule has 6 nitrogen and oxygen atoms in total. The number of nitrogens with zero attached hydrogens (tertiary/aromatic N) is 2. The topological polar surface area (TPSA) is 69.7 Å². The van der Waals surface area contributed by atoms with Crippen LogP contribution in [0, 0.1) is 18.7 Å². The number of carbonyl (C=O) groups excluding carboxylic acids is 1. The number of carbonyl (C=O) groups is 1. The van der Waals surface area contributed by atoms with Gasteiger partial charge in [0.2, 0.25) is 15.9 Å². The van der Waals surface area contributed by atoms with Gasteiger partial charge in [-0.25, -0.2) is 17.5 Å². The first-order valence-electron chi connectivity index (χ1n) is 10.5. The van der Waals surface area contributed by atoms with E-state index in [0.29, 0.717) is 37.3 Å². The molecule has 1 heterocycles. The van der Waals surface area contributed by atoms with Crippen molar-refractivity contribution in [2.45, 2.75) is 63.4 Å². The predicted octanol–water partition coefficient (Wildman–Crippen LogP) is 2.52. The van der Waals surface area contributed by atoms with Gasteiger partial charge < -0.3 is 4.90 Å². The molecule has 0 aromatic heterocycles. The van der Waals surface area contributed by atoms with Gasteiger partial charge >= 0.3 is 0 Å². The summed E-state index contributed by atoms with van der Waals surface area (Å²) >= 11 is 0. The lowest BCUT2D eigenvalue weighted by Gasteiger charge is -2.39. The molecule has 0 radical (unpaired) electrons. The molecule has 0 atom stereocenters. The van der Waals surface area contributed by atoms with Crippen LogP contribution in [0.2, 0.25) is 0 Å². The zero-order chi connectivity index (χ0) is 21.2. The number of sulfonamides is 1. The number of nitrogens with one attached hydrogen (secondary N) is 1. The second-order valence-electron chi connectivity index (χ2n) is 8.53. The molecule has 8 heteroatoms. The van der Waals surface area contributed by atoms with Crippen molar-refractivity contribution in [3.8, 4) is 0 Å². The molecular formula is C21H32FN3O3S. The molecule has 1 aromatic rings. The van der Waals surface area contributed by atoms with Crippen LogP contribution in [0.5, 0.6) is 0 Å². The van der Waals surface area contributed by atoms with Crippen LogP contribution >= 0.6 is 0 Å². The fraction of sp³-hybridized carbons (Fsp3) is 0.667. The highest BCUT2D eigenvalue weighted by Gasteiger charge is 2.33. The lowest BCUT2D eigenvalue weighted by Crippen LogP contribution is -2.52. The molecule has 1 aliphatic heterocycles. The predicted molar refractivity (Wildman–Crippen MR) is 110 cm³/mol. The number of aryl methyl sites for hydroxylation is 1. The minimum atomic E-state index is -3.78. The average molecular weight is 426 g/mol. The third-order valence-electron chi connectivity index (χ3n) is 6.19. The first kappa shape index (κ1) is 22.2. The summed E-state index contributed by atoms with van der Waals surface area (Å²) in [6, 6.07) is 4.07. The number of hydrogen-bond donors (Lipinski definition) is 1. The summed E-state index contributed by atoms with van der Waals surface area (Å²) in [5.74, 6) is -0.393. The molecule has 3 rings (SSSR count). The summed E-state index contributed by atoms with van der Waals surface area (Å²) in [5, 5.41) is 0. The highest BCUT2D eigenvalue weighted by Crippen LogP contribution is 2.28. The van der Waals surface area contributed by atoms with Crippen LogP contribution in [-0.2, 0) is 14.8 Å². The van der Waals surface area contributed by atoms with E-state index in [-0.39, 0.29) is 22.8 Å². The van der Waals surface area contributed by atoms with Crippen LogP contribution in [0.25, 0.3) is 0 Å². The van der Waals surface area contributed by atoms with Gasteiger partial charge in [0, 0.05) is 44.2 Å². The first-order chi connectivity index (χ1) is 13.7. The van der Waals surface area contributed by atoms with Crippen LogP contribution < -0.4 is 4.72 Å². The van der Waals surface area contributed by atoms with E-state index in [2.05, 4.69) is 23.5 Å². The van der Waals surface area contributed by atoms with Crippen molar-refractivity contribution in [3.63, 3.8) is 0 Å². The van der Waals surface area contributed by atoms with E-state index in [0.717, 1.165) is 32.2 Å². The van der Waals surface area contributed by atoms with Crippen molar-refractivity contribution in [2.24, 2.45) is 5.92 Å². The molecule has 162 valence electrons. The number of amides is 1. The number of halogens is 1. The Bertz CT molecular complexity index is 828. The molecule has 1 N–H and O–H groups in total. The number of benzene rings is 1. The van der Waals surface area contributed by atoms with Gasteiger partial charge in [-0.1, -0.05) is 6.07 Å². The van der Waals surface area contributed by atoms with E-state index in [1.165, 1.54) is 12.1 Å². The standard InChI is InChI=1S/C21H32FN3O3S/c1-15(2)24-10-12-25(13-11-24)21(26)17-5-8-19(9-6-17)23-29(27,28)20-14-18(22)7-4-16(20)3/h4,7,14-15,17,19,23H,5-6,8-13H2,1-3H3. The quantitative estimate of drug-likeness (QED) is 0.787. The maximum absolute atomic E-state index is 13.5. The van der Waals surface area contributed by atoms with Crippen molar-refractivity contribution in [3.05, 3.63) is 29.6 Å². The summed E-state index contributed by atoms with van der Waals surface area (Å²) in [7, 11) is -3.78. The summed E-state index contributed by atoms with van der Waals surface area (Å²) in [6.07, 6.45) is 2.60. The molecule has 1 aliphatic carbocycles. The van der Waals surface area contributed by atoms with Crippen LogP contribution in [0.4, 0.5) is 4.39 Å². The van der Waals surface area contributed by atoms with E-state index >= 15 is 0 Å². The summed E-state index contributed by atoms with van der Waals surface area (Å²) < 4.78 is 41.5. The molecule has 29 heavy (non-hydrogen) atoms. The van der Waals surface area contributed by atoms with Crippen molar-refractivity contribution >= 4 is 15.9 Å². The molecule has 0 unspecified atom stereocenters. The van der Waals surface area contributed by atoms with E-state index < -0.39 is 15.8 Å². The molecule has 0 spiro atoms. The zero-order valence-corrected chi connectivity index (χ0v) is 18.3. The molecule has 1 saturated carbocycles.